The Hall–Kier alpha value is -1.02. The molecule has 1 aromatic rings. The molecule has 2 nitrogen and oxygen atoms in total. The van der Waals surface area contributed by atoms with Crippen molar-refractivity contribution in [2.45, 2.75) is 60.5 Å². The van der Waals surface area contributed by atoms with Gasteiger partial charge in [0.05, 0.1) is 0 Å². The van der Waals surface area contributed by atoms with Gasteiger partial charge in [0.2, 0.25) is 0 Å². The third-order valence-electron chi connectivity index (χ3n) is 4.95. The van der Waals surface area contributed by atoms with Crippen molar-refractivity contribution in [2.24, 2.45) is 16.7 Å². The van der Waals surface area contributed by atoms with E-state index < -0.39 is 0 Å². The molecule has 1 N–H and O–H groups in total. The standard InChI is InChI=1S/C19H31NO/c1-18(2,3)15-11-17(19(4,5)6)20(13-15)12-14-7-9-16(21)10-8-14/h7-10,15,17,21H,11-13H2,1-6H3. The number of hydrogen-bond donors (Lipinski definition) is 1. The summed E-state index contributed by atoms with van der Waals surface area (Å²) in [6, 6.07) is 8.28. The van der Waals surface area contributed by atoms with E-state index in [4.69, 9.17) is 0 Å². The summed E-state index contributed by atoms with van der Waals surface area (Å²) < 4.78 is 0. The Morgan fingerprint density at radius 3 is 2.05 bits per heavy atom. The van der Waals surface area contributed by atoms with Gasteiger partial charge in [0, 0.05) is 19.1 Å². The summed E-state index contributed by atoms with van der Waals surface area (Å²) in [5.41, 5.74) is 1.96. The van der Waals surface area contributed by atoms with Crippen LogP contribution in [0.25, 0.3) is 0 Å². The van der Waals surface area contributed by atoms with Crippen LogP contribution in [0.15, 0.2) is 24.3 Å². The maximum Gasteiger partial charge on any atom is 0.115 e. The summed E-state index contributed by atoms with van der Waals surface area (Å²) in [4.78, 5) is 2.64. The molecule has 0 bridgehead atoms. The second-order valence-corrected chi connectivity index (χ2v) is 8.78. The topological polar surface area (TPSA) is 23.5 Å². The normalized spacial score (nSPS) is 24.5. The van der Waals surface area contributed by atoms with Crippen LogP contribution in [0.1, 0.15) is 53.5 Å². The fraction of sp³-hybridized carbons (Fsp3) is 0.684. The minimum Gasteiger partial charge on any atom is -0.508 e. The molecule has 2 unspecified atom stereocenters. The summed E-state index contributed by atoms with van der Waals surface area (Å²) in [7, 11) is 0. The monoisotopic (exact) mass is 289 g/mol. The molecule has 1 heterocycles. The van der Waals surface area contributed by atoms with Crippen LogP contribution in [-0.2, 0) is 6.54 Å². The van der Waals surface area contributed by atoms with Gasteiger partial charge in [-0.2, -0.15) is 0 Å². The number of phenols is 1. The highest BCUT2D eigenvalue weighted by molar-refractivity contribution is 5.26. The summed E-state index contributed by atoms with van der Waals surface area (Å²) in [5, 5.41) is 9.43. The first-order chi connectivity index (χ1) is 9.57. The number of rotatable bonds is 2. The predicted octanol–water partition coefficient (Wildman–Crippen LogP) is 4.67. The van der Waals surface area contributed by atoms with Crippen molar-refractivity contribution in [2.75, 3.05) is 6.54 Å². The number of nitrogens with zero attached hydrogens (tertiary/aromatic N) is 1. The highest BCUT2D eigenvalue weighted by atomic mass is 16.3. The Morgan fingerprint density at radius 1 is 1.00 bits per heavy atom. The van der Waals surface area contributed by atoms with Crippen molar-refractivity contribution in [3.63, 3.8) is 0 Å². The average Bonchev–Trinajstić information content (AvgIpc) is 2.75. The van der Waals surface area contributed by atoms with Gasteiger partial charge in [-0.1, -0.05) is 53.7 Å². The van der Waals surface area contributed by atoms with Crippen molar-refractivity contribution in [1.29, 1.82) is 0 Å². The Morgan fingerprint density at radius 2 is 1.57 bits per heavy atom. The third-order valence-corrected chi connectivity index (χ3v) is 4.95. The Bertz CT molecular complexity index is 464. The van der Waals surface area contributed by atoms with Crippen LogP contribution in [0.2, 0.25) is 0 Å². The minimum atomic E-state index is 0.302. The van der Waals surface area contributed by atoms with Gasteiger partial charge in [0.15, 0.2) is 0 Å². The van der Waals surface area contributed by atoms with E-state index in [2.05, 4.69) is 46.4 Å². The summed E-state index contributed by atoms with van der Waals surface area (Å²) in [6.07, 6.45) is 1.28. The van der Waals surface area contributed by atoms with Crippen molar-refractivity contribution in [1.82, 2.24) is 4.90 Å². The van der Waals surface area contributed by atoms with Crippen LogP contribution >= 0.6 is 0 Å². The minimum absolute atomic E-state index is 0.302. The zero-order chi connectivity index (χ0) is 15.8. The van der Waals surface area contributed by atoms with Crippen LogP contribution < -0.4 is 0 Å². The maximum atomic E-state index is 9.43. The number of aromatic hydroxyl groups is 1. The van der Waals surface area contributed by atoms with E-state index in [1.165, 1.54) is 18.5 Å². The Kier molecular flexibility index (Phi) is 4.39. The number of benzene rings is 1. The SMILES string of the molecule is CC(C)(C)C1CC(C(C)(C)C)N(Cc2ccc(O)cc2)C1. The largest absolute Gasteiger partial charge is 0.508 e. The van der Waals surface area contributed by atoms with Crippen molar-refractivity contribution in [3.05, 3.63) is 29.8 Å². The molecule has 0 aromatic heterocycles. The lowest BCUT2D eigenvalue weighted by atomic mass is 9.76. The molecule has 0 radical (unpaired) electrons. The van der Waals surface area contributed by atoms with Gasteiger partial charge < -0.3 is 5.11 Å². The molecule has 2 atom stereocenters. The molecule has 1 saturated heterocycles. The zero-order valence-corrected chi connectivity index (χ0v) is 14.5. The second-order valence-electron chi connectivity index (χ2n) is 8.78. The Labute approximate surface area is 130 Å². The van der Waals surface area contributed by atoms with Crippen LogP contribution in [0.5, 0.6) is 5.75 Å². The first kappa shape index (κ1) is 16.4. The smallest absolute Gasteiger partial charge is 0.115 e. The van der Waals surface area contributed by atoms with Gasteiger partial charge in [-0.05, 0) is 40.9 Å². The van der Waals surface area contributed by atoms with Crippen LogP contribution in [0.3, 0.4) is 0 Å². The molecular weight excluding hydrogens is 258 g/mol. The fourth-order valence-electron chi connectivity index (χ4n) is 3.44. The number of likely N-dealkylation sites (tertiary alicyclic amines) is 1. The molecule has 2 rings (SSSR count). The predicted molar refractivity (Wildman–Crippen MR) is 89.3 cm³/mol. The molecule has 1 aromatic carbocycles. The van der Waals surface area contributed by atoms with Crippen molar-refractivity contribution < 1.29 is 5.11 Å². The van der Waals surface area contributed by atoms with Crippen LogP contribution in [0, 0.1) is 16.7 Å². The van der Waals surface area contributed by atoms with Gasteiger partial charge in [-0.15, -0.1) is 0 Å². The lowest BCUT2D eigenvalue weighted by Gasteiger charge is -2.35. The number of hydrogen-bond acceptors (Lipinski definition) is 2. The molecule has 1 aliphatic heterocycles. The van der Waals surface area contributed by atoms with Gasteiger partial charge >= 0.3 is 0 Å². The van der Waals surface area contributed by atoms with Crippen molar-refractivity contribution in [3.8, 4) is 5.75 Å². The first-order valence-electron chi connectivity index (χ1n) is 8.09. The van der Waals surface area contributed by atoms with Crippen LogP contribution in [0.4, 0.5) is 0 Å². The highest BCUT2D eigenvalue weighted by Gasteiger charge is 2.42. The highest BCUT2D eigenvalue weighted by Crippen LogP contribution is 2.43. The first-order valence-corrected chi connectivity index (χ1v) is 8.09. The maximum absolute atomic E-state index is 9.43. The van der Waals surface area contributed by atoms with Crippen LogP contribution in [-0.4, -0.2) is 22.6 Å². The number of phenolic OH excluding ortho intramolecular Hbond substituents is 1. The molecule has 0 amide bonds. The van der Waals surface area contributed by atoms with Gasteiger partial charge in [-0.3, -0.25) is 4.90 Å². The van der Waals surface area contributed by atoms with Gasteiger partial charge in [-0.25, -0.2) is 0 Å². The van der Waals surface area contributed by atoms with E-state index in [0.717, 1.165) is 12.5 Å². The molecule has 1 fully saturated rings. The van der Waals surface area contributed by atoms with Crippen molar-refractivity contribution >= 4 is 0 Å². The Balaban J connectivity index is 2.16. The van der Waals surface area contributed by atoms with E-state index in [1.807, 2.05) is 12.1 Å². The molecule has 0 saturated carbocycles. The van der Waals surface area contributed by atoms with E-state index >= 15 is 0 Å². The van der Waals surface area contributed by atoms with E-state index in [0.29, 0.717) is 22.6 Å². The van der Waals surface area contributed by atoms with Gasteiger partial charge in [0.25, 0.3) is 0 Å². The summed E-state index contributed by atoms with van der Waals surface area (Å²) in [5.74, 6) is 1.10. The molecule has 0 aliphatic carbocycles. The van der Waals surface area contributed by atoms with E-state index in [-0.39, 0.29) is 0 Å². The molecular formula is C19H31NO. The summed E-state index contributed by atoms with van der Waals surface area (Å²) in [6.45, 7) is 16.3. The molecule has 0 spiro atoms. The second kappa shape index (κ2) is 5.64. The molecule has 21 heavy (non-hydrogen) atoms. The van der Waals surface area contributed by atoms with E-state index in [9.17, 15) is 5.11 Å². The zero-order valence-electron chi connectivity index (χ0n) is 14.5. The lowest BCUT2D eigenvalue weighted by Crippen LogP contribution is -2.38. The molecule has 2 heteroatoms. The fourth-order valence-corrected chi connectivity index (χ4v) is 3.44. The molecule has 118 valence electrons. The lowest BCUT2D eigenvalue weighted by molar-refractivity contribution is 0.134. The van der Waals surface area contributed by atoms with Gasteiger partial charge in [0.1, 0.15) is 5.75 Å². The molecule has 1 aliphatic rings. The quantitative estimate of drug-likeness (QED) is 0.855. The average molecular weight is 289 g/mol. The summed E-state index contributed by atoms with van der Waals surface area (Å²) >= 11 is 0. The third kappa shape index (κ3) is 4.00. The van der Waals surface area contributed by atoms with E-state index in [1.54, 1.807) is 12.1 Å².